The quantitative estimate of drug-likeness (QED) is 0.779. The summed E-state index contributed by atoms with van der Waals surface area (Å²) in [7, 11) is -3.16. The van der Waals surface area contributed by atoms with Crippen LogP contribution in [0.4, 0.5) is 0 Å². The summed E-state index contributed by atoms with van der Waals surface area (Å²) < 4.78 is 25.3. The molecule has 1 amide bonds. The van der Waals surface area contributed by atoms with Gasteiger partial charge in [-0.2, -0.15) is 0 Å². The van der Waals surface area contributed by atoms with Crippen molar-refractivity contribution in [2.24, 2.45) is 5.41 Å². The Morgan fingerprint density at radius 1 is 1.37 bits per heavy atom. The van der Waals surface area contributed by atoms with Gasteiger partial charge in [0.15, 0.2) is 0 Å². The standard InChI is InChI=1S/C12H23N3O3S/c1-12(2)8-15(13-11(12)16)10-6-4-5-9(7-10)14-19(3,17)18/h9-10,14H,4-8H2,1-3H3,(H,13,16). The second-order valence-corrected chi connectivity index (χ2v) is 8.14. The van der Waals surface area contributed by atoms with Crippen LogP contribution in [0.25, 0.3) is 0 Å². The molecule has 0 bridgehead atoms. The normalized spacial score (nSPS) is 32.3. The first kappa shape index (κ1) is 14.7. The lowest BCUT2D eigenvalue weighted by atomic mass is 9.89. The van der Waals surface area contributed by atoms with Crippen molar-refractivity contribution in [3.63, 3.8) is 0 Å². The van der Waals surface area contributed by atoms with Crippen LogP contribution >= 0.6 is 0 Å². The van der Waals surface area contributed by atoms with E-state index in [1.54, 1.807) is 0 Å². The summed E-state index contributed by atoms with van der Waals surface area (Å²) in [6.07, 6.45) is 4.79. The maximum Gasteiger partial charge on any atom is 0.241 e. The molecule has 0 aromatic carbocycles. The summed E-state index contributed by atoms with van der Waals surface area (Å²) >= 11 is 0. The maximum atomic E-state index is 11.8. The van der Waals surface area contributed by atoms with E-state index in [0.717, 1.165) is 25.7 Å². The fraction of sp³-hybridized carbons (Fsp3) is 0.917. The third-order valence-corrected chi connectivity index (χ3v) is 4.65. The SMILES string of the molecule is CC1(C)CN(C2CCCC(NS(C)(=O)=O)C2)NC1=O. The molecule has 2 rings (SSSR count). The maximum absolute atomic E-state index is 11.8. The van der Waals surface area contributed by atoms with Crippen LogP contribution in [0.1, 0.15) is 39.5 Å². The molecule has 0 aromatic rings. The molecule has 7 heteroatoms. The zero-order chi connectivity index (χ0) is 14.3. The van der Waals surface area contributed by atoms with Gasteiger partial charge in [0.2, 0.25) is 15.9 Å². The van der Waals surface area contributed by atoms with Crippen LogP contribution in [-0.2, 0) is 14.8 Å². The first-order valence-corrected chi connectivity index (χ1v) is 8.61. The summed E-state index contributed by atoms with van der Waals surface area (Å²) in [5.74, 6) is 0.0469. The van der Waals surface area contributed by atoms with E-state index >= 15 is 0 Å². The van der Waals surface area contributed by atoms with Crippen molar-refractivity contribution in [2.45, 2.75) is 51.6 Å². The van der Waals surface area contributed by atoms with Crippen LogP contribution in [0.5, 0.6) is 0 Å². The number of carbonyl (C=O) groups is 1. The number of nitrogens with zero attached hydrogens (tertiary/aromatic N) is 1. The Hall–Kier alpha value is -0.660. The molecule has 6 nitrogen and oxygen atoms in total. The lowest BCUT2D eigenvalue weighted by Gasteiger charge is -2.35. The van der Waals surface area contributed by atoms with Gasteiger partial charge in [0.25, 0.3) is 0 Å². The molecule has 0 radical (unpaired) electrons. The van der Waals surface area contributed by atoms with Gasteiger partial charge in [-0.3, -0.25) is 10.2 Å². The molecule has 1 saturated heterocycles. The smallest absolute Gasteiger partial charge is 0.241 e. The molecule has 2 unspecified atom stereocenters. The van der Waals surface area contributed by atoms with Gasteiger partial charge in [-0.05, 0) is 33.1 Å². The highest BCUT2D eigenvalue weighted by Gasteiger charge is 2.41. The van der Waals surface area contributed by atoms with Crippen molar-refractivity contribution in [2.75, 3.05) is 12.8 Å². The van der Waals surface area contributed by atoms with Crippen LogP contribution in [0, 0.1) is 5.41 Å². The second-order valence-electron chi connectivity index (χ2n) is 6.36. The molecule has 1 heterocycles. The monoisotopic (exact) mass is 289 g/mol. The molecule has 19 heavy (non-hydrogen) atoms. The highest BCUT2D eigenvalue weighted by atomic mass is 32.2. The van der Waals surface area contributed by atoms with Crippen molar-refractivity contribution < 1.29 is 13.2 Å². The Kier molecular flexibility index (Phi) is 3.90. The summed E-state index contributed by atoms with van der Waals surface area (Å²) in [6.45, 7) is 4.54. The van der Waals surface area contributed by atoms with Gasteiger partial charge in [0.1, 0.15) is 0 Å². The van der Waals surface area contributed by atoms with Gasteiger partial charge in [-0.25, -0.2) is 18.1 Å². The minimum absolute atomic E-state index is 0.0191. The fourth-order valence-electron chi connectivity index (χ4n) is 2.90. The van der Waals surface area contributed by atoms with E-state index in [1.807, 2.05) is 18.9 Å². The molecule has 0 aromatic heterocycles. The largest absolute Gasteiger partial charge is 0.288 e. The topological polar surface area (TPSA) is 78.5 Å². The first-order chi connectivity index (χ1) is 8.67. The summed E-state index contributed by atoms with van der Waals surface area (Å²) in [5.41, 5.74) is 2.55. The van der Waals surface area contributed by atoms with Crippen molar-refractivity contribution >= 4 is 15.9 Å². The molecule has 2 aliphatic rings. The van der Waals surface area contributed by atoms with Crippen molar-refractivity contribution in [3.05, 3.63) is 0 Å². The fourth-order valence-corrected chi connectivity index (χ4v) is 3.72. The third kappa shape index (κ3) is 3.67. The minimum Gasteiger partial charge on any atom is -0.288 e. The molecule has 1 saturated carbocycles. The number of hydrogen-bond acceptors (Lipinski definition) is 4. The van der Waals surface area contributed by atoms with Gasteiger partial charge < -0.3 is 0 Å². The average molecular weight is 289 g/mol. The Labute approximate surface area is 114 Å². The second kappa shape index (κ2) is 5.03. The lowest BCUT2D eigenvalue weighted by Crippen LogP contribution is -2.48. The van der Waals surface area contributed by atoms with Gasteiger partial charge in [0, 0.05) is 18.6 Å². The molecule has 0 spiro atoms. The Morgan fingerprint density at radius 3 is 2.58 bits per heavy atom. The first-order valence-electron chi connectivity index (χ1n) is 6.72. The van der Waals surface area contributed by atoms with Crippen LogP contribution in [-0.4, -0.2) is 44.2 Å². The number of carbonyl (C=O) groups excluding carboxylic acids is 1. The predicted molar refractivity (Wildman–Crippen MR) is 72.7 cm³/mol. The number of amides is 1. The number of sulfonamides is 1. The van der Waals surface area contributed by atoms with Gasteiger partial charge >= 0.3 is 0 Å². The zero-order valence-electron chi connectivity index (χ0n) is 11.8. The average Bonchev–Trinajstić information content (AvgIpc) is 2.51. The van der Waals surface area contributed by atoms with E-state index in [1.165, 1.54) is 6.26 Å². The third-order valence-electron chi connectivity index (χ3n) is 3.89. The van der Waals surface area contributed by atoms with Crippen LogP contribution in [0.2, 0.25) is 0 Å². The highest BCUT2D eigenvalue weighted by molar-refractivity contribution is 7.88. The summed E-state index contributed by atoms with van der Waals surface area (Å²) in [5, 5.41) is 1.98. The van der Waals surface area contributed by atoms with Gasteiger partial charge in [0.05, 0.1) is 11.7 Å². The van der Waals surface area contributed by atoms with Crippen molar-refractivity contribution in [1.29, 1.82) is 0 Å². The van der Waals surface area contributed by atoms with E-state index in [4.69, 9.17) is 0 Å². The Bertz CT molecular complexity index is 461. The number of hydrazine groups is 1. The highest BCUT2D eigenvalue weighted by Crippen LogP contribution is 2.29. The molecular formula is C12H23N3O3S. The molecule has 2 N–H and O–H groups in total. The minimum atomic E-state index is -3.16. The molecule has 110 valence electrons. The van der Waals surface area contributed by atoms with Crippen molar-refractivity contribution in [1.82, 2.24) is 15.2 Å². The molecular weight excluding hydrogens is 266 g/mol. The van der Waals surface area contributed by atoms with Crippen LogP contribution in [0.3, 0.4) is 0 Å². The van der Waals surface area contributed by atoms with Crippen molar-refractivity contribution in [3.8, 4) is 0 Å². The number of rotatable bonds is 3. The van der Waals surface area contributed by atoms with E-state index in [0.29, 0.717) is 6.54 Å². The van der Waals surface area contributed by atoms with Crippen LogP contribution < -0.4 is 10.1 Å². The van der Waals surface area contributed by atoms with E-state index in [-0.39, 0.29) is 23.4 Å². The van der Waals surface area contributed by atoms with E-state index in [2.05, 4.69) is 10.1 Å². The number of hydrogen-bond donors (Lipinski definition) is 2. The van der Waals surface area contributed by atoms with E-state index < -0.39 is 10.0 Å². The predicted octanol–water partition coefficient (Wildman–Crippen LogP) is 0.220. The van der Waals surface area contributed by atoms with Gasteiger partial charge in [-0.1, -0.05) is 6.42 Å². The van der Waals surface area contributed by atoms with E-state index in [9.17, 15) is 13.2 Å². The molecule has 1 aliphatic carbocycles. The Morgan fingerprint density at radius 2 is 2.05 bits per heavy atom. The summed E-state index contributed by atoms with van der Waals surface area (Å²) in [6, 6.07) is 0.202. The zero-order valence-corrected chi connectivity index (χ0v) is 12.6. The Balaban J connectivity index is 1.97. The molecule has 2 atom stereocenters. The summed E-state index contributed by atoms with van der Waals surface area (Å²) in [4.78, 5) is 11.8. The van der Waals surface area contributed by atoms with Gasteiger partial charge in [-0.15, -0.1) is 0 Å². The molecule has 1 aliphatic heterocycles. The van der Waals surface area contributed by atoms with Crippen LogP contribution in [0.15, 0.2) is 0 Å². The lowest BCUT2D eigenvalue weighted by molar-refractivity contribution is -0.127. The number of nitrogens with one attached hydrogen (secondary N) is 2. The molecule has 2 fully saturated rings.